The van der Waals surface area contributed by atoms with Crippen LogP contribution in [0.25, 0.3) is 0 Å². The van der Waals surface area contributed by atoms with Crippen LogP contribution in [0.3, 0.4) is 0 Å². The second-order valence-electron chi connectivity index (χ2n) is 4.03. The van der Waals surface area contributed by atoms with Gasteiger partial charge in [0.1, 0.15) is 5.82 Å². The molecule has 15 heavy (non-hydrogen) atoms. The maximum atomic E-state index is 13.5. The van der Waals surface area contributed by atoms with Gasteiger partial charge in [-0.15, -0.1) is 11.8 Å². The molecule has 0 fully saturated rings. The Morgan fingerprint density at radius 2 is 2.00 bits per heavy atom. The molecule has 3 heteroatoms. The molecular weight excluding hydrogens is 211 g/mol. The maximum absolute atomic E-state index is 13.5. The fourth-order valence-electron chi connectivity index (χ4n) is 1.30. The number of rotatable bonds is 4. The van der Waals surface area contributed by atoms with Crippen molar-refractivity contribution < 1.29 is 9.50 Å². The number of hydrogen-bond acceptors (Lipinski definition) is 2. The van der Waals surface area contributed by atoms with Gasteiger partial charge in [-0.1, -0.05) is 19.9 Å². The first kappa shape index (κ1) is 12.5. The van der Waals surface area contributed by atoms with E-state index in [9.17, 15) is 9.50 Å². The van der Waals surface area contributed by atoms with E-state index < -0.39 is 6.10 Å². The third-order valence-corrected chi connectivity index (χ3v) is 3.50. The lowest BCUT2D eigenvalue weighted by Crippen LogP contribution is -2.00. The summed E-state index contributed by atoms with van der Waals surface area (Å²) in [7, 11) is 0. The molecule has 0 amide bonds. The molecule has 0 aliphatic heterocycles. The third kappa shape index (κ3) is 3.50. The lowest BCUT2D eigenvalue weighted by Gasteiger charge is -2.13. The summed E-state index contributed by atoms with van der Waals surface area (Å²) in [5.74, 6) is 1.17. The van der Waals surface area contributed by atoms with Crippen molar-refractivity contribution in [2.45, 2.75) is 31.8 Å². The van der Waals surface area contributed by atoms with Gasteiger partial charge < -0.3 is 5.11 Å². The topological polar surface area (TPSA) is 20.2 Å². The summed E-state index contributed by atoms with van der Waals surface area (Å²) in [6.45, 7) is 5.83. The standard InChI is InChI=1S/C12H17FOS/c1-8(2)7-15-11-6-4-5-10(13)12(11)9(3)14/h4-6,8-9,14H,7H2,1-3H3. The molecule has 1 rings (SSSR count). The monoisotopic (exact) mass is 228 g/mol. The molecule has 1 unspecified atom stereocenters. The molecule has 1 aromatic carbocycles. The van der Waals surface area contributed by atoms with Gasteiger partial charge in [0.15, 0.2) is 0 Å². The zero-order chi connectivity index (χ0) is 11.4. The van der Waals surface area contributed by atoms with Crippen LogP contribution in [-0.4, -0.2) is 10.9 Å². The van der Waals surface area contributed by atoms with Crippen molar-refractivity contribution in [2.24, 2.45) is 5.92 Å². The molecule has 0 saturated carbocycles. The number of aliphatic hydroxyl groups excluding tert-OH is 1. The number of aliphatic hydroxyl groups is 1. The van der Waals surface area contributed by atoms with Gasteiger partial charge in [0.25, 0.3) is 0 Å². The Hall–Kier alpha value is -0.540. The fraction of sp³-hybridized carbons (Fsp3) is 0.500. The number of hydrogen-bond donors (Lipinski definition) is 1. The van der Waals surface area contributed by atoms with Gasteiger partial charge >= 0.3 is 0 Å². The Labute approximate surface area is 94.7 Å². The van der Waals surface area contributed by atoms with Crippen molar-refractivity contribution in [2.75, 3.05) is 5.75 Å². The SMILES string of the molecule is CC(C)CSc1cccc(F)c1C(C)O. The lowest BCUT2D eigenvalue weighted by atomic mass is 10.1. The second-order valence-corrected chi connectivity index (χ2v) is 5.09. The molecule has 1 atom stereocenters. The summed E-state index contributed by atoms with van der Waals surface area (Å²) in [4.78, 5) is 0.846. The van der Waals surface area contributed by atoms with E-state index in [1.807, 2.05) is 6.07 Å². The molecule has 84 valence electrons. The first-order valence-corrected chi connectivity index (χ1v) is 6.10. The van der Waals surface area contributed by atoms with E-state index in [-0.39, 0.29) is 5.82 Å². The summed E-state index contributed by atoms with van der Waals surface area (Å²) < 4.78 is 13.5. The largest absolute Gasteiger partial charge is 0.389 e. The molecule has 0 spiro atoms. The Bertz CT molecular complexity index is 323. The summed E-state index contributed by atoms with van der Waals surface area (Å²) in [6, 6.07) is 4.93. The van der Waals surface area contributed by atoms with Gasteiger partial charge in [0.05, 0.1) is 6.10 Å². The van der Waals surface area contributed by atoms with E-state index in [0.29, 0.717) is 11.5 Å². The number of thioether (sulfide) groups is 1. The Kier molecular flexibility index (Phi) is 4.61. The maximum Gasteiger partial charge on any atom is 0.130 e. The van der Waals surface area contributed by atoms with Crippen LogP contribution >= 0.6 is 11.8 Å². The van der Waals surface area contributed by atoms with Crippen LogP contribution in [0.5, 0.6) is 0 Å². The third-order valence-electron chi connectivity index (χ3n) is 2.00. The van der Waals surface area contributed by atoms with E-state index >= 15 is 0 Å². The zero-order valence-corrected chi connectivity index (χ0v) is 10.1. The molecule has 0 bridgehead atoms. The van der Waals surface area contributed by atoms with Crippen LogP contribution < -0.4 is 0 Å². The molecule has 0 aliphatic carbocycles. The van der Waals surface area contributed by atoms with Gasteiger partial charge in [-0.3, -0.25) is 0 Å². The highest BCUT2D eigenvalue weighted by atomic mass is 32.2. The van der Waals surface area contributed by atoms with Gasteiger partial charge in [0, 0.05) is 16.2 Å². The smallest absolute Gasteiger partial charge is 0.130 e. The van der Waals surface area contributed by atoms with E-state index in [0.717, 1.165) is 10.6 Å². The van der Waals surface area contributed by atoms with Gasteiger partial charge in [-0.2, -0.15) is 0 Å². The molecule has 0 radical (unpaired) electrons. The van der Waals surface area contributed by atoms with E-state index in [2.05, 4.69) is 13.8 Å². The van der Waals surface area contributed by atoms with Crippen LogP contribution in [-0.2, 0) is 0 Å². The number of benzene rings is 1. The van der Waals surface area contributed by atoms with Crippen molar-refractivity contribution in [1.29, 1.82) is 0 Å². The van der Waals surface area contributed by atoms with E-state index in [1.165, 1.54) is 6.07 Å². The molecule has 0 heterocycles. The molecule has 1 nitrogen and oxygen atoms in total. The van der Waals surface area contributed by atoms with Crippen molar-refractivity contribution in [3.05, 3.63) is 29.6 Å². The van der Waals surface area contributed by atoms with Gasteiger partial charge in [0.2, 0.25) is 0 Å². The normalized spacial score (nSPS) is 13.2. The Balaban J connectivity index is 2.91. The highest BCUT2D eigenvalue weighted by Crippen LogP contribution is 2.30. The highest BCUT2D eigenvalue weighted by Gasteiger charge is 2.13. The average molecular weight is 228 g/mol. The predicted molar refractivity (Wildman–Crippen MR) is 62.6 cm³/mol. The Morgan fingerprint density at radius 3 is 2.53 bits per heavy atom. The van der Waals surface area contributed by atoms with E-state index in [4.69, 9.17) is 0 Å². The predicted octanol–water partition coefficient (Wildman–Crippen LogP) is 3.63. The van der Waals surface area contributed by atoms with Gasteiger partial charge in [-0.25, -0.2) is 4.39 Å². The van der Waals surface area contributed by atoms with Crippen molar-refractivity contribution in [3.8, 4) is 0 Å². The molecule has 1 aromatic rings. The molecule has 0 aromatic heterocycles. The van der Waals surface area contributed by atoms with Crippen molar-refractivity contribution >= 4 is 11.8 Å². The summed E-state index contributed by atoms with van der Waals surface area (Å²) in [6.07, 6.45) is -0.749. The average Bonchev–Trinajstić information content (AvgIpc) is 2.13. The second kappa shape index (κ2) is 5.52. The lowest BCUT2D eigenvalue weighted by molar-refractivity contribution is 0.191. The van der Waals surface area contributed by atoms with Crippen LogP contribution in [0.15, 0.2) is 23.1 Å². The summed E-state index contributed by atoms with van der Waals surface area (Å²) in [5.41, 5.74) is 0.420. The fourth-order valence-corrected chi connectivity index (χ4v) is 2.42. The van der Waals surface area contributed by atoms with Crippen molar-refractivity contribution in [3.63, 3.8) is 0 Å². The summed E-state index contributed by atoms with van der Waals surface area (Å²) in [5, 5.41) is 9.50. The molecule has 0 saturated heterocycles. The quantitative estimate of drug-likeness (QED) is 0.794. The summed E-state index contributed by atoms with van der Waals surface area (Å²) >= 11 is 1.60. The number of halogens is 1. The first-order chi connectivity index (χ1) is 7.02. The van der Waals surface area contributed by atoms with Gasteiger partial charge in [-0.05, 0) is 25.0 Å². The van der Waals surface area contributed by atoms with Crippen molar-refractivity contribution in [1.82, 2.24) is 0 Å². The molecule has 0 aliphatic rings. The highest BCUT2D eigenvalue weighted by molar-refractivity contribution is 7.99. The van der Waals surface area contributed by atoms with Crippen LogP contribution in [0, 0.1) is 11.7 Å². The Morgan fingerprint density at radius 1 is 1.33 bits per heavy atom. The van der Waals surface area contributed by atoms with Crippen LogP contribution in [0.2, 0.25) is 0 Å². The minimum Gasteiger partial charge on any atom is -0.389 e. The van der Waals surface area contributed by atoms with Crippen LogP contribution in [0.1, 0.15) is 32.4 Å². The van der Waals surface area contributed by atoms with Crippen LogP contribution in [0.4, 0.5) is 4.39 Å². The zero-order valence-electron chi connectivity index (χ0n) is 9.33. The minimum absolute atomic E-state index is 0.321. The molecular formula is C12H17FOS. The molecule has 1 N–H and O–H groups in total. The first-order valence-electron chi connectivity index (χ1n) is 5.11. The minimum atomic E-state index is -0.749. The van der Waals surface area contributed by atoms with E-state index in [1.54, 1.807) is 24.8 Å².